The van der Waals surface area contributed by atoms with Gasteiger partial charge in [0.05, 0.1) is 0 Å². The molecule has 3 aromatic heterocycles. The van der Waals surface area contributed by atoms with Gasteiger partial charge in [-0.2, -0.15) is 10.5 Å². The van der Waals surface area contributed by atoms with Gasteiger partial charge in [0.25, 0.3) is 0 Å². The smallest absolute Gasteiger partial charge is 0.192 e. The lowest BCUT2D eigenvalue weighted by Gasteiger charge is -2.12. The van der Waals surface area contributed by atoms with Gasteiger partial charge in [0.1, 0.15) is 34.4 Å². The standard InChI is InChI=1S/C36H22F2N4O2/c1-17-13-25-27(19-9-5-7-11-23(19)41(25)3)29-30-28-20-10-6-8-12-24(20)42(4)26(28)14-18(2)34(30)44-36-22(16-40)32(38)31(37)21(15-39)35(36)43-33(17)29/h5-14H,1-4H3. The summed E-state index contributed by atoms with van der Waals surface area (Å²) >= 11 is 0. The molecule has 8 heteroatoms. The third-order valence-corrected chi connectivity index (χ3v) is 8.86. The molecular formula is C36H22F2N4O2. The van der Waals surface area contributed by atoms with Gasteiger partial charge in [-0.05, 0) is 49.2 Å². The Bertz CT molecular complexity index is 2570. The van der Waals surface area contributed by atoms with E-state index in [-0.39, 0.29) is 11.2 Å². The van der Waals surface area contributed by atoms with Crippen molar-refractivity contribution in [3.63, 3.8) is 0 Å². The molecule has 0 fully saturated rings. The Labute approximate surface area is 248 Å². The van der Waals surface area contributed by atoms with Gasteiger partial charge in [0.2, 0.25) is 0 Å². The van der Waals surface area contributed by atoms with E-state index in [2.05, 4.69) is 9.13 Å². The predicted octanol–water partition coefficient (Wildman–Crippen LogP) is 9.38. The van der Waals surface area contributed by atoms with Crippen molar-refractivity contribution < 1.29 is 17.6 Å². The molecular weight excluding hydrogens is 558 g/mol. The van der Waals surface area contributed by atoms with Crippen LogP contribution in [0.15, 0.2) is 69.5 Å². The van der Waals surface area contributed by atoms with Gasteiger partial charge >= 0.3 is 0 Å². The number of para-hydroxylation sites is 2. The van der Waals surface area contributed by atoms with E-state index in [1.165, 1.54) is 0 Å². The van der Waals surface area contributed by atoms with Gasteiger partial charge in [-0.25, -0.2) is 8.78 Å². The summed E-state index contributed by atoms with van der Waals surface area (Å²) in [7, 11) is 4.00. The van der Waals surface area contributed by atoms with E-state index in [0.717, 1.165) is 43.6 Å². The third kappa shape index (κ3) is 3.09. The fourth-order valence-electron chi connectivity index (χ4n) is 6.84. The highest BCUT2D eigenvalue weighted by atomic mass is 19.2. The van der Waals surface area contributed by atoms with Crippen LogP contribution in [0.4, 0.5) is 8.78 Å². The maximum atomic E-state index is 15.3. The summed E-state index contributed by atoms with van der Waals surface area (Å²) in [6, 6.07) is 23.5. The highest BCUT2D eigenvalue weighted by Crippen LogP contribution is 2.45. The number of halogens is 2. The minimum absolute atomic E-state index is 0.338. The third-order valence-electron chi connectivity index (χ3n) is 8.86. The average Bonchev–Trinajstić information content (AvgIpc) is 3.46. The molecule has 0 unspecified atom stereocenters. The van der Waals surface area contributed by atoms with Crippen LogP contribution >= 0.6 is 0 Å². The SMILES string of the molecule is Cc1cc2c(c3ccccc3n2C)c2c1oc1c(C#N)c(F)c(F)c(C#N)c1oc1c(C)cc3c(c4ccccc4n3C)c12. The van der Waals surface area contributed by atoms with Crippen molar-refractivity contribution in [3.05, 3.63) is 94.6 Å². The Morgan fingerprint density at radius 3 is 1.34 bits per heavy atom. The number of rotatable bonds is 0. The molecule has 0 spiro atoms. The first-order valence-corrected chi connectivity index (χ1v) is 14.0. The maximum absolute atomic E-state index is 15.3. The molecule has 0 aliphatic heterocycles. The number of nitrogens with zero attached hydrogens (tertiary/aromatic N) is 4. The van der Waals surface area contributed by atoms with Crippen LogP contribution in [-0.2, 0) is 14.1 Å². The molecule has 8 aromatic rings. The lowest BCUT2D eigenvalue weighted by Crippen LogP contribution is -1.98. The Morgan fingerprint density at radius 2 is 0.955 bits per heavy atom. The number of hydrogen-bond donors (Lipinski definition) is 0. The summed E-state index contributed by atoms with van der Waals surface area (Å²) in [5.74, 6) is -2.92. The van der Waals surface area contributed by atoms with Crippen LogP contribution in [0.5, 0.6) is 0 Å². The zero-order valence-corrected chi connectivity index (χ0v) is 24.1. The van der Waals surface area contributed by atoms with Crippen molar-refractivity contribution in [3.8, 4) is 12.1 Å². The molecule has 44 heavy (non-hydrogen) atoms. The summed E-state index contributed by atoms with van der Waals surface area (Å²) in [5.41, 5.74) is 4.01. The van der Waals surface area contributed by atoms with E-state index in [1.54, 1.807) is 12.1 Å². The van der Waals surface area contributed by atoms with Gasteiger partial charge in [0, 0.05) is 68.5 Å². The lowest BCUT2D eigenvalue weighted by molar-refractivity contribution is 0.497. The Hall–Kier alpha value is -5.86. The van der Waals surface area contributed by atoms with E-state index >= 15 is 8.78 Å². The molecule has 0 saturated heterocycles. The molecule has 0 saturated carbocycles. The molecule has 0 N–H and O–H groups in total. The molecule has 8 rings (SSSR count). The number of fused-ring (bicyclic) bond motifs is 12. The topological polar surface area (TPSA) is 83.7 Å². The van der Waals surface area contributed by atoms with Crippen LogP contribution < -0.4 is 0 Å². The maximum Gasteiger partial charge on any atom is 0.192 e. The van der Waals surface area contributed by atoms with Crippen molar-refractivity contribution in [2.45, 2.75) is 13.8 Å². The van der Waals surface area contributed by atoms with Crippen molar-refractivity contribution in [2.75, 3.05) is 0 Å². The normalized spacial score (nSPS) is 11.8. The summed E-state index contributed by atoms with van der Waals surface area (Å²) < 4.78 is 47.8. The number of nitriles is 2. The minimum Gasteiger partial charge on any atom is -0.451 e. The van der Waals surface area contributed by atoms with Crippen molar-refractivity contribution in [2.24, 2.45) is 14.1 Å². The summed E-state index contributed by atoms with van der Waals surface area (Å²) in [4.78, 5) is 0. The number of hydrogen-bond acceptors (Lipinski definition) is 4. The van der Waals surface area contributed by atoms with Gasteiger partial charge in [-0.1, -0.05) is 36.4 Å². The minimum atomic E-state index is -1.46. The van der Waals surface area contributed by atoms with Crippen LogP contribution in [0.3, 0.4) is 0 Å². The molecule has 0 radical (unpaired) electrons. The van der Waals surface area contributed by atoms with Gasteiger partial charge in [-0.3, -0.25) is 0 Å². The van der Waals surface area contributed by atoms with E-state index in [0.29, 0.717) is 33.1 Å². The highest BCUT2D eigenvalue weighted by Gasteiger charge is 2.27. The molecule has 5 aromatic carbocycles. The van der Waals surface area contributed by atoms with Crippen molar-refractivity contribution in [1.29, 1.82) is 10.5 Å². The van der Waals surface area contributed by atoms with Crippen molar-refractivity contribution >= 4 is 76.7 Å². The summed E-state index contributed by atoms with van der Waals surface area (Å²) in [6.45, 7) is 3.76. The average molecular weight is 581 g/mol. The fraction of sp³-hybridized carbons (Fsp3) is 0.111. The van der Waals surface area contributed by atoms with Gasteiger partial charge in [0.15, 0.2) is 22.8 Å². The van der Waals surface area contributed by atoms with E-state index in [4.69, 9.17) is 8.83 Å². The lowest BCUT2D eigenvalue weighted by atomic mass is 9.96. The monoisotopic (exact) mass is 580 g/mol. The van der Waals surface area contributed by atoms with Gasteiger partial charge in [-0.15, -0.1) is 0 Å². The van der Waals surface area contributed by atoms with Crippen LogP contribution in [0, 0.1) is 48.1 Å². The largest absolute Gasteiger partial charge is 0.451 e. The van der Waals surface area contributed by atoms with E-state index < -0.39 is 22.8 Å². The molecule has 0 aliphatic rings. The molecule has 0 amide bonds. The Kier molecular flexibility index (Phi) is 5.18. The second-order valence-corrected chi connectivity index (χ2v) is 11.2. The highest BCUT2D eigenvalue weighted by molar-refractivity contribution is 6.34. The second kappa shape index (κ2) is 8.82. The molecule has 0 atom stereocenters. The zero-order valence-electron chi connectivity index (χ0n) is 24.1. The predicted molar refractivity (Wildman–Crippen MR) is 168 cm³/mol. The number of aryl methyl sites for hydroxylation is 4. The Balaban J connectivity index is 1.88. The fourth-order valence-corrected chi connectivity index (χ4v) is 6.84. The summed E-state index contributed by atoms with van der Waals surface area (Å²) in [5, 5.41) is 25.1. The molecule has 3 heterocycles. The second-order valence-electron chi connectivity index (χ2n) is 11.2. The molecule has 0 bridgehead atoms. The van der Waals surface area contributed by atoms with Crippen LogP contribution in [-0.4, -0.2) is 9.13 Å². The summed E-state index contributed by atoms with van der Waals surface area (Å²) in [6.07, 6.45) is 0. The van der Waals surface area contributed by atoms with Crippen LogP contribution in [0.2, 0.25) is 0 Å². The van der Waals surface area contributed by atoms with E-state index in [1.807, 2.05) is 88.6 Å². The van der Waals surface area contributed by atoms with Crippen molar-refractivity contribution in [1.82, 2.24) is 9.13 Å². The van der Waals surface area contributed by atoms with E-state index in [9.17, 15) is 10.5 Å². The first kappa shape index (κ1) is 25.8. The van der Waals surface area contributed by atoms with Crippen LogP contribution in [0.25, 0.3) is 76.7 Å². The van der Waals surface area contributed by atoms with Gasteiger partial charge < -0.3 is 18.0 Å². The Morgan fingerprint density at radius 1 is 0.568 bits per heavy atom. The zero-order chi connectivity index (χ0) is 30.6. The quantitative estimate of drug-likeness (QED) is 0.179. The number of benzene rings is 5. The first-order valence-electron chi connectivity index (χ1n) is 14.0. The van der Waals surface area contributed by atoms with Crippen LogP contribution in [0.1, 0.15) is 22.3 Å². The number of aromatic nitrogens is 2. The molecule has 212 valence electrons. The first-order chi connectivity index (χ1) is 21.3. The molecule has 0 aliphatic carbocycles. The molecule has 6 nitrogen and oxygen atoms in total.